The predicted molar refractivity (Wildman–Crippen MR) is 100 cm³/mol. The molecule has 6 heteroatoms. The Kier molecular flexibility index (Phi) is 9.22. The molecule has 2 N–H and O–H groups in total. The molecular formula is C16H26IN3O2. The third-order valence-electron chi connectivity index (χ3n) is 3.16. The van der Waals surface area contributed by atoms with Gasteiger partial charge in [0.25, 0.3) is 0 Å². The fourth-order valence-corrected chi connectivity index (χ4v) is 1.85. The van der Waals surface area contributed by atoms with Gasteiger partial charge < -0.3 is 20.1 Å². The largest absolute Gasteiger partial charge is 0.491 e. The number of rotatable bonds is 8. The van der Waals surface area contributed by atoms with Crippen LogP contribution in [-0.4, -0.2) is 38.9 Å². The van der Waals surface area contributed by atoms with E-state index in [0.29, 0.717) is 25.8 Å². The van der Waals surface area contributed by atoms with E-state index in [0.717, 1.165) is 18.3 Å². The summed E-state index contributed by atoms with van der Waals surface area (Å²) in [4.78, 5) is 4.60. The van der Waals surface area contributed by atoms with Crippen molar-refractivity contribution in [2.45, 2.75) is 32.4 Å². The number of aliphatic imine (C=N–C) groups is 1. The maximum Gasteiger partial charge on any atom is 0.191 e. The first-order valence-corrected chi connectivity index (χ1v) is 7.57. The summed E-state index contributed by atoms with van der Waals surface area (Å²) in [6, 6.07) is 8.65. The van der Waals surface area contributed by atoms with Crippen molar-refractivity contribution in [3.63, 3.8) is 0 Å². The van der Waals surface area contributed by atoms with E-state index in [4.69, 9.17) is 9.47 Å². The van der Waals surface area contributed by atoms with E-state index in [1.165, 1.54) is 18.4 Å². The van der Waals surface area contributed by atoms with Gasteiger partial charge in [-0.05, 0) is 37.5 Å². The number of benzene rings is 1. The maximum absolute atomic E-state index is 5.54. The van der Waals surface area contributed by atoms with E-state index in [2.05, 4.69) is 22.5 Å². The lowest BCUT2D eigenvalue weighted by Crippen LogP contribution is -2.38. The molecule has 124 valence electrons. The molecule has 0 saturated heterocycles. The molecule has 5 nitrogen and oxygen atoms in total. The summed E-state index contributed by atoms with van der Waals surface area (Å²) >= 11 is 0. The quantitative estimate of drug-likeness (QED) is 0.294. The molecule has 1 aliphatic rings. The fraction of sp³-hybridized carbons (Fsp3) is 0.562. The van der Waals surface area contributed by atoms with Gasteiger partial charge in [0, 0.05) is 19.7 Å². The van der Waals surface area contributed by atoms with Crippen LogP contribution in [0.25, 0.3) is 0 Å². The van der Waals surface area contributed by atoms with Gasteiger partial charge in [-0.15, -0.1) is 24.0 Å². The topological polar surface area (TPSA) is 54.9 Å². The van der Waals surface area contributed by atoms with Crippen molar-refractivity contribution in [1.29, 1.82) is 0 Å². The molecule has 0 atom stereocenters. The molecule has 22 heavy (non-hydrogen) atoms. The van der Waals surface area contributed by atoms with Crippen molar-refractivity contribution < 1.29 is 9.47 Å². The SMILES string of the molecule is CCNC(=NCc1ccc(OCCOC)cc1)NC1CC1.I. The number of methoxy groups -OCH3 is 1. The molecule has 0 aliphatic heterocycles. The van der Waals surface area contributed by atoms with E-state index < -0.39 is 0 Å². The third-order valence-corrected chi connectivity index (χ3v) is 3.16. The van der Waals surface area contributed by atoms with Crippen LogP contribution in [0.2, 0.25) is 0 Å². The van der Waals surface area contributed by atoms with Crippen molar-refractivity contribution in [3.05, 3.63) is 29.8 Å². The second-order valence-electron chi connectivity index (χ2n) is 5.10. The van der Waals surface area contributed by atoms with Crippen LogP contribution < -0.4 is 15.4 Å². The minimum Gasteiger partial charge on any atom is -0.491 e. The Labute approximate surface area is 149 Å². The molecule has 0 amide bonds. The molecular weight excluding hydrogens is 393 g/mol. The van der Waals surface area contributed by atoms with Gasteiger partial charge in [-0.25, -0.2) is 4.99 Å². The molecule has 0 heterocycles. The van der Waals surface area contributed by atoms with Crippen LogP contribution in [0.5, 0.6) is 5.75 Å². The van der Waals surface area contributed by atoms with Gasteiger partial charge in [0.1, 0.15) is 12.4 Å². The highest BCUT2D eigenvalue weighted by atomic mass is 127. The minimum absolute atomic E-state index is 0. The summed E-state index contributed by atoms with van der Waals surface area (Å²) in [6.07, 6.45) is 2.50. The highest BCUT2D eigenvalue weighted by Crippen LogP contribution is 2.18. The summed E-state index contributed by atoms with van der Waals surface area (Å²) in [5.41, 5.74) is 1.17. The van der Waals surface area contributed by atoms with E-state index in [9.17, 15) is 0 Å². The lowest BCUT2D eigenvalue weighted by Gasteiger charge is -2.10. The lowest BCUT2D eigenvalue weighted by molar-refractivity contribution is 0.146. The van der Waals surface area contributed by atoms with Crippen LogP contribution in [-0.2, 0) is 11.3 Å². The first-order valence-electron chi connectivity index (χ1n) is 7.57. The Morgan fingerprint density at radius 2 is 1.95 bits per heavy atom. The van der Waals surface area contributed by atoms with E-state index >= 15 is 0 Å². The van der Waals surface area contributed by atoms with Gasteiger partial charge in [0.2, 0.25) is 0 Å². The molecule has 0 radical (unpaired) electrons. The van der Waals surface area contributed by atoms with Crippen LogP contribution >= 0.6 is 24.0 Å². The maximum atomic E-state index is 5.54. The van der Waals surface area contributed by atoms with Gasteiger partial charge in [-0.3, -0.25) is 0 Å². The van der Waals surface area contributed by atoms with Gasteiger partial charge >= 0.3 is 0 Å². The highest BCUT2D eigenvalue weighted by molar-refractivity contribution is 14.0. The van der Waals surface area contributed by atoms with E-state index in [-0.39, 0.29) is 24.0 Å². The standard InChI is InChI=1S/C16H25N3O2.HI/c1-3-17-16(19-14-6-7-14)18-12-13-4-8-15(9-5-13)21-11-10-20-2;/h4-5,8-9,14H,3,6-7,10-12H2,1-2H3,(H2,17,18,19);1H. The number of halogens is 1. The molecule has 0 aromatic heterocycles. The zero-order valence-corrected chi connectivity index (χ0v) is 15.6. The predicted octanol–water partition coefficient (Wildman–Crippen LogP) is 2.55. The van der Waals surface area contributed by atoms with Gasteiger partial charge in [-0.1, -0.05) is 12.1 Å². The number of hydrogen-bond acceptors (Lipinski definition) is 3. The minimum atomic E-state index is 0. The molecule has 1 aromatic carbocycles. The van der Waals surface area contributed by atoms with Gasteiger partial charge in [-0.2, -0.15) is 0 Å². The summed E-state index contributed by atoms with van der Waals surface area (Å²) in [5.74, 6) is 1.77. The van der Waals surface area contributed by atoms with Gasteiger partial charge in [0.15, 0.2) is 5.96 Å². The van der Waals surface area contributed by atoms with Crippen LogP contribution in [0.4, 0.5) is 0 Å². The molecule has 2 rings (SSSR count). The van der Waals surface area contributed by atoms with Crippen molar-refractivity contribution in [2.75, 3.05) is 26.9 Å². The zero-order chi connectivity index (χ0) is 14.9. The highest BCUT2D eigenvalue weighted by Gasteiger charge is 2.21. The van der Waals surface area contributed by atoms with Crippen LogP contribution in [0.15, 0.2) is 29.3 Å². The van der Waals surface area contributed by atoms with Crippen molar-refractivity contribution in [2.24, 2.45) is 4.99 Å². The molecule has 0 spiro atoms. The van der Waals surface area contributed by atoms with Crippen LogP contribution in [0.3, 0.4) is 0 Å². The first-order chi connectivity index (χ1) is 10.3. The smallest absolute Gasteiger partial charge is 0.191 e. The Morgan fingerprint density at radius 1 is 1.23 bits per heavy atom. The summed E-state index contributed by atoms with van der Waals surface area (Å²) < 4.78 is 10.5. The van der Waals surface area contributed by atoms with Crippen molar-refractivity contribution in [1.82, 2.24) is 10.6 Å². The normalized spacial score (nSPS) is 14.2. The molecule has 0 bridgehead atoms. The first kappa shape index (κ1) is 19.0. The number of nitrogens with zero attached hydrogens (tertiary/aromatic N) is 1. The number of nitrogens with one attached hydrogen (secondary N) is 2. The average Bonchev–Trinajstić information content (AvgIpc) is 3.31. The monoisotopic (exact) mass is 419 g/mol. The number of guanidine groups is 1. The Bertz CT molecular complexity index is 447. The molecule has 1 saturated carbocycles. The molecule has 1 aromatic rings. The number of ether oxygens (including phenoxy) is 2. The third kappa shape index (κ3) is 7.31. The summed E-state index contributed by atoms with van der Waals surface area (Å²) in [5, 5.41) is 6.68. The van der Waals surface area contributed by atoms with Crippen molar-refractivity contribution >= 4 is 29.9 Å². The van der Waals surface area contributed by atoms with E-state index in [1.807, 2.05) is 24.3 Å². The average molecular weight is 419 g/mol. The molecule has 1 aliphatic carbocycles. The molecule has 1 fully saturated rings. The Morgan fingerprint density at radius 3 is 2.55 bits per heavy atom. The Hall–Kier alpha value is -1.02. The van der Waals surface area contributed by atoms with E-state index in [1.54, 1.807) is 7.11 Å². The van der Waals surface area contributed by atoms with Crippen molar-refractivity contribution in [3.8, 4) is 5.75 Å². The lowest BCUT2D eigenvalue weighted by atomic mass is 10.2. The second kappa shape index (κ2) is 10.7. The fourth-order valence-electron chi connectivity index (χ4n) is 1.85. The van der Waals surface area contributed by atoms with Gasteiger partial charge in [0.05, 0.1) is 13.2 Å². The molecule has 0 unspecified atom stereocenters. The second-order valence-corrected chi connectivity index (χ2v) is 5.10. The summed E-state index contributed by atoms with van der Waals surface area (Å²) in [6.45, 7) is 4.80. The van der Waals surface area contributed by atoms with Crippen LogP contribution in [0.1, 0.15) is 25.3 Å². The summed E-state index contributed by atoms with van der Waals surface area (Å²) in [7, 11) is 1.67. The zero-order valence-electron chi connectivity index (χ0n) is 13.3. The van der Waals surface area contributed by atoms with Crippen LogP contribution in [0, 0.1) is 0 Å². The Balaban J connectivity index is 0.00000242. The number of hydrogen-bond donors (Lipinski definition) is 2.